The fraction of sp³-hybridized carbons (Fsp3) is 0.286. The number of anilines is 1. The standard InChI is InChI=1S/C21H23N5O3/c1-10-4-5-16(29)11(2)18(10)26-20-15(17-19(22)23-9-24-21(17)26)6-14(12(3)25-20)13(7-27)8-28/h4-6,9,13,27-29H,7-8H2,1-3H3,(H2,22,23,24). The lowest BCUT2D eigenvalue weighted by atomic mass is 9.98. The monoisotopic (exact) mass is 393 g/mol. The fourth-order valence-corrected chi connectivity index (χ4v) is 3.93. The summed E-state index contributed by atoms with van der Waals surface area (Å²) in [7, 11) is 0. The molecule has 0 aliphatic rings. The highest BCUT2D eigenvalue weighted by atomic mass is 16.3. The Morgan fingerprint density at radius 3 is 2.48 bits per heavy atom. The van der Waals surface area contributed by atoms with Crippen molar-refractivity contribution in [3.8, 4) is 11.4 Å². The minimum atomic E-state index is -0.444. The minimum absolute atomic E-state index is 0.177. The third kappa shape index (κ3) is 2.80. The Morgan fingerprint density at radius 1 is 1.07 bits per heavy atom. The van der Waals surface area contributed by atoms with Crippen molar-refractivity contribution < 1.29 is 15.3 Å². The molecule has 3 aromatic heterocycles. The quantitative estimate of drug-likeness (QED) is 0.418. The van der Waals surface area contributed by atoms with Gasteiger partial charge in [-0.15, -0.1) is 0 Å². The molecule has 0 radical (unpaired) electrons. The van der Waals surface area contributed by atoms with Gasteiger partial charge in [-0.2, -0.15) is 0 Å². The first-order valence-corrected chi connectivity index (χ1v) is 9.32. The summed E-state index contributed by atoms with van der Waals surface area (Å²) in [5.74, 6) is 0.0485. The topological polar surface area (TPSA) is 130 Å². The fourth-order valence-electron chi connectivity index (χ4n) is 3.93. The van der Waals surface area contributed by atoms with Crippen LogP contribution >= 0.6 is 0 Å². The summed E-state index contributed by atoms with van der Waals surface area (Å²) in [6.45, 7) is 5.25. The maximum atomic E-state index is 10.3. The highest BCUT2D eigenvalue weighted by Gasteiger charge is 2.23. The molecule has 0 atom stereocenters. The summed E-state index contributed by atoms with van der Waals surface area (Å²) < 4.78 is 1.89. The molecule has 0 bridgehead atoms. The Hall–Kier alpha value is -3.23. The van der Waals surface area contributed by atoms with Gasteiger partial charge < -0.3 is 21.1 Å². The van der Waals surface area contributed by atoms with Gasteiger partial charge in [0.25, 0.3) is 0 Å². The first-order valence-electron chi connectivity index (χ1n) is 9.32. The second kappa shape index (κ2) is 6.98. The molecule has 0 spiro atoms. The average molecular weight is 393 g/mol. The van der Waals surface area contributed by atoms with Gasteiger partial charge in [-0.25, -0.2) is 15.0 Å². The number of aliphatic hydroxyl groups is 2. The number of phenolic OH excluding ortho intramolecular Hbond substituents is 1. The van der Waals surface area contributed by atoms with E-state index in [9.17, 15) is 15.3 Å². The van der Waals surface area contributed by atoms with Gasteiger partial charge in [-0.3, -0.25) is 4.57 Å². The summed E-state index contributed by atoms with van der Waals surface area (Å²) >= 11 is 0. The molecule has 0 amide bonds. The maximum Gasteiger partial charge on any atom is 0.152 e. The Kier molecular flexibility index (Phi) is 4.60. The molecule has 0 unspecified atom stereocenters. The molecule has 1 aromatic carbocycles. The molecule has 0 fully saturated rings. The van der Waals surface area contributed by atoms with Gasteiger partial charge in [0, 0.05) is 22.6 Å². The molecule has 29 heavy (non-hydrogen) atoms. The first-order chi connectivity index (χ1) is 13.9. The Morgan fingerprint density at radius 2 is 1.79 bits per heavy atom. The predicted molar refractivity (Wildman–Crippen MR) is 111 cm³/mol. The van der Waals surface area contributed by atoms with E-state index < -0.39 is 5.92 Å². The molecular formula is C21H23N5O3. The number of fused-ring (bicyclic) bond motifs is 3. The number of phenols is 1. The van der Waals surface area contributed by atoms with E-state index in [2.05, 4.69) is 9.97 Å². The van der Waals surface area contributed by atoms with Crippen molar-refractivity contribution in [1.82, 2.24) is 19.5 Å². The number of rotatable bonds is 4. The number of aromatic nitrogens is 4. The molecule has 4 aromatic rings. The molecule has 8 nitrogen and oxygen atoms in total. The number of aromatic hydroxyl groups is 1. The molecule has 3 heterocycles. The average Bonchev–Trinajstić information content (AvgIpc) is 3.01. The highest BCUT2D eigenvalue weighted by molar-refractivity contribution is 6.11. The van der Waals surface area contributed by atoms with Gasteiger partial charge in [0.1, 0.15) is 23.5 Å². The molecule has 0 saturated carbocycles. The number of pyridine rings is 1. The van der Waals surface area contributed by atoms with E-state index in [1.165, 1.54) is 6.33 Å². The lowest BCUT2D eigenvalue weighted by molar-refractivity contribution is 0.192. The van der Waals surface area contributed by atoms with E-state index >= 15 is 0 Å². The maximum absolute atomic E-state index is 10.3. The zero-order valence-electron chi connectivity index (χ0n) is 16.5. The normalized spacial score (nSPS) is 11.8. The second-order valence-electron chi connectivity index (χ2n) is 7.26. The number of nitrogens with zero attached hydrogens (tertiary/aromatic N) is 4. The molecule has 150 valence electrons. The van der Waals surface area contributed by atoms with Crippen molar-refractivity contribution in [3.63, 3.8) is 0 Å². The lowest BCUT2D eigenvalue weighted by Crippen LogP contribution is -2.11. The summed E-state index contributed by atoms with van der Waals surface area (Å²) in [5, 5.41) is 31.0. The van der Waals surface area contributed by atoms with Crippen LogP contribution in [-0.4, -0.2) is 48.1 Å². The first kappa shape index (κ1) is 19.1. The third-order valence-corrected chi connectivity index (χ3v) is 5.49. The highest BCUT2D eigenvalue weighted by Crippen LogP contribution is 2.37. The number of aryl methyl sites for hydroxylation is 2. The van der Waals surface area contributed by atoms with Crippen LogP contribution in [0.1, 0.15) is 28.3 Å². The Balaban J connectivity index is 2.20. The van der Waals surface area contributed by atoms with Crippen molar-refractivity contribution >= 4 is 27.9 Å². The molecule has 0 aliphatic heterocycles. The minimum Gasteiger partial charge on any atom is -0.508 e. The molecular weight excluding hydrogens is 370 g/mol. The van der Waals surface area contributed by atoms with Crippen LogP contribution in [0, 0.1) is 20.8 Å². The van der Waals surface area contributed by atoms with E-state index in [1.807, 2.05) is 37.5 Å². The van der Waals surface area contributed by atoms with Crippen LogP contribution in [0.4, 0.5) is 5.82 Å². The number of hydrogen-bond donors (Lipinski definition) is 4. The molecule has 5 N–H and O–H groups in total. The van der Waals surface area contributed by atoms with E-state index in [0.29, 0.717) is 33.8 Å². The molecule has 0 saturated heterocycles. The van der Waals surface area contributed by atoms with Gasteiger partial charge in [0.15, 0.2) is 5.65 Å². The molecule has 0 aliphatic carbocycles. The summed E-state index contributed by atoms with van der Waals surface area (Å²) in [4.78, 5) is 13.4. The number of hydrogen-bond acceptors (Lipinski definition) is 7. The Bertz CT molecular complexity index is 1240. The van der Waals surface area contributed by atoms with Crippen LogP contribution in [0.5, 0.6) is 5.75 Å². The third-order valence-electron chi connectivity index (χ3n) is 5.49. The summed E-state index contributed by atoms with van der Waals surface area (Å²) in [5.41, 5.74) is 11.3. The van der Waals surface area contributed by atoms with Crippen LogP contribution in [-0.2, 0) is 0 Å². The van der Waals surface area contributed by atoms with Gasteiger partial charge in [-0.1, -0.05) is 6.07 Å². The molecule has 8 heteroatoms. The van der Waals surface area contributed by atoms with Crippen LogP contribution in [0.25, 0.3) is 27.8 Å². The van der Waals surface area contributed by atoms with Crippen molar-refractivity contribution in [2.24, 2.45) is 0 Å². The number of nitrogens with two attached hydrogens (primary N) is 1. The van der Waals surface area contributed by atoms with Crippen molar-refractivity contribution in [3.05, 3.63) is 46.9 Å². The molecule has 4 rings (SSSR count). The van der Waals surface area contributed by atoms with Gasteiger partial charge >= 0.3 is 0 Å². The van der Waals surface area contributed by atoms with Gasteiger partial charge in [0.05, 0.1) is 24.3 Å². The van der Waals surface area contributed by atoms with Crippen molar-refractivity contribution in [1.29, 1.82) is 0 Å². The van der Waals surface area contributed by atoms with Crippen LogP contribution in [0.2, 0.25) is 0 Å². The van der Waals surface area contributed by atoms with Crippen molar-refractivity contribution in [2.75, 3.05) is 18.9 Å². The van der Waals surface area contributed by atoms with E-state index in [-0.39, 0.29) is 19.0 Å². The Labute approximate surface area is 167 Å². The zero-order chi connectivity index (χ0) is 20.9. The van der Waals surface area contributed by atoms with E-state index in [1.54, 1.807) is 6.07 Å². The van der Waals surface area contributed by atoms with Gasteiger partial charge in [-0.05, 0) is 44.0 Å². The second-order valence-corrected chi connectivity index (χ2v) is 7.26. The van der Waals surface area contributed by atoms with Gasteiger partial charge in [0.2, 0.25) is 0 Å². The van der Waals surface area contributed by atoms with Crippen LogP contribution in [0.15, 0.2) is 24.5 Å². The van der Waals surface area contributed by atoms with Crippen LogP contribution < -0.4 is 5.73 Å². The summed E-state index contributed by atoms with van der Waals surface area (Å²) in [6, 6.07) is 5.39. The van der Waals surface area contributed by atoms with Crippen molar-refractivity contribution in [2.45, 2.75) is 26.7 Å². The van der Waals surface area contributed by atoms with E-state index in [0.717, 1.165) is 22.2 Å². The smallest absolute Gasteiger partial charge is 0.152 e. The van der Waals surface area contributed by atoms with E-state index in [4.69, 9.17) is 10.7 Å². The number of benzene rings is 1. The lowest BCUT2D eigenvalue weighted by Gasteiger charge is -2.16. The largest absolute Gasteiger partial charge is 0.508 e. The SMILES string of the molecule is Cc1ccc(O)c(C)c1-n1c2nc(C)c(C(CO)CO)cc2c2c(N)ncnc21. The number of aliphatic hydroxyl groups excluding tert-OH is 2. The predicted octanol–water partition coefficient (Wildman–Crippen LogP) is 2.25. The zero-order valence-corrected chi connectivity index (χ0v) is 16.5. The summed E-state index contributed by atoms with van der Waals surface area (Å²) in [6.07, 6.45) is 1.40. The van der Waals surface area contributed by atoms with Crippen LogP contribution in [0.3, 0.4) is 0 Å². The number of nitrogen functional groups attached to an aromatic ring is 1.